The first-order chi connectivity index (χ1) is 12.1. The van der Waals surface area contributed by atoms with E-state index in [9.17, 15) is 0 Å². The highest BCUT2D eigenvalue weighted by molar-refractivity contribution is 5.89. The highest BCUT2D eigenvalue weighted by atomic mass is 16.5. The molecule has 0 bridgehead atoms. The molecule has 1 heterocycles. The molecule has 0 unspecified atom stereocenters. The average Bonchev–Trinajstić information content (AvgIpc) is 2.62. The molecule has 0 atom stereocenters. The summed E-state index contributed by atoms with van der Waals surface area (Å²) in [6.07, 6.45) is 1.62. The Morgan fingerprint density at radius 3 is 2.68 bits per heavy atom. The van der Waals surface area contributed by atoms with Crippen LogP contribution in [0.3, 0.4) is 0 Å². The molecule has 0 aliphatic heterocycles. The lowest BCUT2D eigenvalue weighted by molar-refractivity contribution is 0.323. The van der Waals surface area contributed by atoms with Crippen molar-refractivity contribution in [3.63, 3.8) is 0 Å². The van der Waals surface area contributed by atoms with Crippen LogP contribution in [0.15, 0.2) is 48.8 Å². The smallest absolute Gasteiger partial charge is 0.139 e. The Bertz CT molecular complexity index is 855. The molecule has 0 N–H and O–H groups in total. The maximum absolute atomic E-state index is 6.05. The lowest BCUT2D eigenvalue weighted by Gasteiger charge is -2.20. The fraction of sp³-hybridized carbons (Fsp3) is 0.333. The maximum atomic E-state index is 6.05. The van der Waals surface area contributed by atoms with Gasteiger partial charge in [-0.15, -0.1) is 0 Å². The van der Waals surface area contributed by atoms with Crippen LogP contribution in [-0.2, 0) is 0 Å². The van der Waals surface area contributed by atoms with Gasteiger partial charge in [-0.3, -0.25) is 0 Å². The molecular weight excluding hydrogens is 310 g/mol. The Morgan fingerprint density at radius 2 is 1.88 bits per heavy atom. The molecule has 130 valence electrons. The number of aromatic nitrogens is 2. The molecule has 0 spiro atoms. The van der Waals surface area contributed by atoms with Gasteiger partial charge in [0.2, 0.25) is 0 Å². The second-order valence-electron chi connectivity index (χ2n) is 6.66. The number of aryl methyl sites for hydroxylation is 1. The number of anilines is 1. The molecule has 0 saturated heterocycles. The van der Waals surface area contributed by atoms with Crippen molar-refractivity contribution in [1.29, 1.82) is 0 Å². The minimum atomic E-state index is 0.498. The Balaban J connectivity index is 1.69. The zero-order chi connectivity index (χ0) is 17.8. The van der Waals surface area contributed by atoms with Crippen molar-refractivity contribution in [2.75, 3.05) is 25.1 Å². The summed E-state index contributed by atoms with van der Waals surface area (Å²) in [4.78, 5) is 10.9. The summed E-state index contributed by atoms with van der Waals surface area (Å²) in [6.45, 7) is 7.84. The molecule has 4 nitrogen and oxygen atoms in total. The highest BCUT2D eigenvalue weighted by Gasteiger charge is 2.09. The number of rotatable bonds is 6. The van der Waals surface area contributed by atoms with E-state index in [2.05, 4.69) is 59.9 Å². The van der Waals surface area contributed by atoms with E-state index in [4.69, 9.17) is 4.74 Å². The van der Waals surface area contributed by atoms with E-state index in [-0.39, 0.29) is 0 Å². The van der Waals surface area contributed by atoms with Gasteiger partial charge in [-0.05, 0) is 42.2 Å². The van der Waals surface area contributed by atoms with Gasteiger partial charge in [0.1, 0.15) is 24.5 Å². The molecular formula is C21H25N3O. The minimum absolute atomic E-state index is 0.498. The minimum Gasteiger partial charge on any atom is -0.491 e. The highest BCUT2D eigenvalue weighted by Crippen LogP contribution is 2.25. The van der Waals surface area contributed by atoms with Gasteiger partial charge in [-0.2, -0.15) is 0 Å². The van der Waals surface area contributed by atoms with E-state index in [1.54, 1.807) is 6.33 Å². The third-order valence-electron chi connectivity index (χ3n) is 4.45. The molecule has 1 aromatic heterocycles. The summed E-state index contributed by atoms with van der Waals surface area (Å²) in [5, 5.41) is 1.06. The van der Waals surface area contributed by atoms with Crippen LogP contribution in [0.5, 0.6) is 5.75 Å². The van der Waals surface area contributed by atoms with Crippen molar-refractivity contribution in [2.45, 2.75) is 26.7 Å². The average molecular weight is 335 g/mol. The topological polar surface area (TPSA) is 38.2 Å². The number of likely N-dealkylation sites (N-methyl/N-ethyl adjacent to an activating group) is 1. The summed E-state index contributed by atoms with van der Waals surface area (Å²) >= 11 is 0. The predicted molar refractivity (Wildman–Crippen MR) is 104 cm³/mol. The fourth-order valence-corrected chi connectivity index (χ4v) is 2.82. The first-order valence-electron chi connectivity index (χ1n) is 8.70. The lowest BCUT2D eigenvalue weighted by atomic mass is 10.0. The lowest BCUT2D eigenvalue weighted by Crippen LogP contribution is -2.25. The number of hydrogen-bond acceptors (Lipinski definition) is 4. The van der Waals surface area contributed by atoms with Gasteiger partial charge in [-0.1, -0.05) is 38.1 Å². The molecule has 0 saturated carbocycles. The van der Waals surface area contributed by atoms with E-state index in [1.165, 1.54) is 11.1 Å². The summed E-state index contributed by atoms with van der Waals surface area (Å²) in [7, 11) is 2.04. The van der Waals surface area contributed by atoms with E-state index >= 15 is 0 Å². The normalized spacial score (nSPS) is 11.1. The number of fused-ring (bicyclic) bond motifs is 1. The van der Waals surface area contributed by atoms with Crippen molar-refractivity contribution in [2.24, 2.45) is 0 Å². The Kier molecular flexibility index (Phi) is 5.17. The van der Waals surface area contributed by atoms with Crippen LogP contribution in [0.25, 0.3) is 10.9 Å². The molecule has 0 aliphatic rings. The summed E-state index contributed by atoms with van der Waals surface area (Å²) in [5.41, 5.74) is 3.43. The largest absolute Gasteiger partial charge is 0.491 e. The van der Waals surface area contributed by atoms with Gasteiger partial charge in [0, 0.05) is 12.4 Å². The zero-order valence-corrected chi connectivity index (χ0v) is 15.4. The van der Waals surface area contributed by atoms with Crippen LogP contribution in [0, 0.1) is 6.92 Å². The second-order valence-corrected chi connectivity index (χ2v) is 6.66. The molecule has 0 fully saturated rings. The van der Waals surface area contributed by atoms with Crippen LogP contribution in [0.2, 0.25) is 0 Å². The molecule has 0 amide bonds. The number of ether oxygens (including phenoxy) is 1. The number of hydrogen-bond donors (Lipinski definition) is 0. The summed E-state index contributed by atoms with van der Waals surface area (Å²) < 4.78 is 6.05. The monoisotopic (exact) mass is 335 g/mol. The fourth-order valence-electron chi connectivity index (χ4n) is 2.82. The van der Waals surface area contributed by atoms with Gasteiger partial charge in [0.05, 0.1) is 12.1 Å². The van der Waals surface area contributed by atoms with E-state index < -0.39 is 0 Å². The van der Waals surface area contributed by atoms with Crippen LogP contribution in [0.4, 0.5) is 5.82 Å². The van der Waals surface area contributed by atoms with Crippen molar-refractivity contribution in [3.05, 3.63) is 59.9 Å². The number of benzene rings is 2. The summed E-state index contributed by atoms with van der Waals surface area (Å²) in [6, 6.07) is 14.5. The van der Waals surface area contributed by atoms with E-state index in [0.717, 1.165) is 29.0 Å². The van der Waals surface area contributed by atoms with E-state index in [0.29, 0.717) is 12.5 Å². The molecule has 4 heteroatoms. The number of para-hydroxylation sites is 1. The Labute approximate surface area is 149 Å². The molecule has 25 heavy (non-hydrogen) atoms. The molecule has 3 aromatic rings. The van der Waals surface area contributed by atoms with Crippen molar-refractivity contribution in [1.82, 2.24) is 9.97 Å². The van der Waals surface area contributed by atoms with Crippen LogP contribution in [0.1, 0.15) is 30.9 Å². The summed E-state index contributed by atoms with van der Waals surface area (Å²) in [5.74, 6) is 2.40. The van der Waals surface area contributed by atoms with Crippen LogP contribution < -0.4 is 9.64 Å². The second kappa shape index (κ2) is 7.51. The third kappa shape index (κ3) is 3.90. The van der Waals surface area contributed by atoms with Crippen LogP contribution in [-0.4, -0.2) is 30.2 Å². The zero-order valence-electron chi connectivity index (χ0n) is 15.4. The molecule has 3 rings (SSSR count). The first kappa shape index (κ1) is 17.2. The first-order valence-corrected chi connectivity index (χ1v) is 8.70. The molecule has 0 radical (unpaired) electrons. The SMILES string of the molecule is Cc1ccc(C(C)C)cc1OCCN(C)c1ncnc2ccccc12. The van der Waals surface area contributed by atoms with Gasteiger partial charge in [0.15, 0.2) is 0 Å². The quantitative estimate of drug-likeness (QED) is 0.661. The van der Waals surface area contributed by atoms with Gasteiger partial charge in [0.25, 0.3) is 0 Å². The third-order valence-corrected chi connectivity index (χ3v) is 4.45. The molecule has 2 aromatic carbocycles. The number of nitrogens with zero attached hydrogens (tertiary/aromatic N) is 3. The van der Waals surface area contributed by atoms with Gasteiger partial charge < -0.3 is 9.64 Å². The standard InChI is InChI=1S/C21H25N3O/c1-15(2)17-10-9-16(3)20(13-17)25-12-11-24(4)21-18-7-5-6-8-19(18)22-14-23-21/h5-10,13-15H,11-12H2,1-4H3. The molecule has 0 aliphatic carbocycles. The van der Waals surface area contributed by atoms with Crippen molar-refractivity contribution >= 4 is 16.7 Å². The maximum Gasteiger partial charge on any atom is 0.139 e. The van der Waals surface area contributed by atoms with Crippen LogP contribution >= 0.6 is 0 Å². The van der Waals surface area contributed by atoms with Crippen molar-refractivity contribution < 1.29 is 4.74 Å². The predicted octanol–water partition coefficient (Wildman–Crippen LogP) is 4.58. The van der Waals surface area contributed by atoms with E-state index in [1.807, 2.05) is 25.2 Å². The Hall–Kier alpha value is -2.62. The van der Waals surface area contributed by atoms with Gasteiger partial charge >= 0.3 is 0 Å². The van der Waals surface area contributed by atoms with Gasteiger partial charge in [-0.25, -0.2) is 9.97 Å². The Morgan fingerprint density at radius 1 is 1.08 bits per heavy atom. The van der Waals surface area contributed by atoms with Crippen molar-refractivity contribution in [3.8, 4) is 5.75 Å².